The molecule has 0 atom stereocenters. The fourth-order valence-electron chi connectivity index (χ4n) is 1.44. The zero-order valence-corrected chi connectivity index (χ0v) is 10.4. The van der Waals surface area contributed by atoms with E-state index in [1.807, 2.05) is 13.8 Å². The van der Waals surface area contributed by atoms with Gasteiger partial charge in [0.1, 0.15) is 0 Å². The molecule has 88 valence electrons. The van der Waals surface area contributed by atoms with Crippen LogP contribution in [0.15, 0.2) is 47.9 Å². The molecule has 0 spiro atoms. The van der Waals surface area contributed by atoms with Crippen LogP contribution in [0.3, 0.4) is 0 Å². The molecule has 0 aliphatic rings. The maximum atomic E-state index is 12.2. The first kappa shape index (κ1) is 12.9. The number of rotatable bonds is 5. The highest BCUT2D eigenvalue weighted by atomic mass is 32.2. The molecule has 0 unspecified atom stereocenters. The van der Waals surface area contributed by atoms with Crippen LogP contribution in [0.2, 0.25) is 0 Å². The standard InChI is InChI=1S/C12H17NO2S/c1-4-10-13(11(2)3)16(14,15)12-8-6-5-7-9-12/h4-9,11H,1,10H2,2-3H3. The fourth-order valence-corrected chi connectivity index (χ4v) is 3.07. The van der Waals surface area contributed by atoms with E-state index in [9.17, 15) is 8.42 Å². The van der Waals surface area contributed by atoms with Crippen LogP contribution in [0.25, 0.3) is 0 Å². The van der Waals surface area contributed by atoms with Crippen molar-refractivity contribution in [1.29, 1.82) is 0 Å². The first-order chi connectivity index (χ1) is 7.50. The molecule has 0 amide bonds. The average Bonchev–Trinajstić information content (AvgIpc) is 2.26. The summed E-state index contributed by atoms with van der Waals surface area (Å²) in [7, 11) is -3.40. The second-order valence-electron chi connectivity index (χ2n) is 3.77. The molecule has 0 aliphatic carbocycles. The second-order valence-corrected chi connectivity index (χ2v) is 5.66. The molecular weight excluding hydrogens is 222 g/mol. The van der Waals surface area contributed by atoms with E-state index in [0.29, 0.717) is 11.4 Å². The van der Waals surface area contributed by atoms with Crippen LogP contribution >= 0.6 is 0 Å². The molecule has 1 aromatic rings. The Labute approximate surface area is 97.5 Å². The third-order valence-electron chi connectivity index (χ3n) is 2.23. The van der Waals surface area contributed by atoms with Gasteiger partial charge < -0.3 is 0 Å². The molecule has 0 radical (unpaired) electrons. The summed E-state index contributed by atoms with van der Waals surface area (Å²) < 4.78 is 25.9. The molecule has 0 aliphatic heterocycles. The molecular formula is C12H17NO2S. The van der Waals surface area contributed by atoms with Crippen molar-refractivity contribution >= 4 is 10.0 Å². The Hall–Kier alpha value is -1.13. The molecule has 0 N–H and O–H groups in total. The van der Waals surface area contributed by atoms with E-state index >= 15 is 0 Å². The van der Waals surface area contributed by atoms with Gasteiger partial charge in [-0.05, 0) is 26.0 Å². The molecule has 0 saturated heterocycles. The highest BCUT2D eigenvalue weighted by molar-refractivity contribution is 7.89. The molecule has 3 nitrogen and oxygen atoms in total. The van der Waals surface area contributed by atoms with Crippen LogP contribution in [0.5, 0.6) is 0 Å². The Morgan fingerprint density at radius 2 is 1.88 bits per heavy atom. The number of benzene rings is 1. The highest BCUT2D eigenvalue weighted by Crippen LogP contribution is 2.17. The van der Waals surface area contributed by atoms with Crippen molar-refractivity contribution in [2.75, 3.05) is 6.54 Å². The summed E-state index contributed by atoms with van der Waals surface area (Å²) in [5.41, 5.74) is 0. The van der Waals surface area contributed by atoms with E-state index in [4.69, 9.17) is 0 Å². The largest absolute Gasteiger partial charge is 0.243 e. The topological polar surface area (TPSA) is 37.4 Å². The first-order valence-corrected chi connectivity index (χ1v) is 6.62. The van der Waals surface area contributed by atoms with E-state index in [1.54, 1.807) is 36.4 Å². The van der Waals surface area contributed by atoms with Gasteiger partial charge in [0.25, 0.3) is 0 Å². The summed E-state index contributed by atoms with van der Waals surface area (Å²) in [5, 5.41) is 0. The van der Waals surface area contributed by atoms with Crippen molar-refractivity contribution in [3.8, 4) is 0 Å². The molecule has 0 saturated carbocycles. The number of nitrogens with zero attached hydrogens (tertiary/aromatic N) is 1. The number of hydrogen-bond donors (Lipinski definition) is 0. The predicted molar refractivity (Wildman–Crippen MR) is 65.7 cm³/mol. The lowest BCUT2D eigenvalue weighted by Gasteiger charge is -2.24. The van der Waals surface area contributed by atoms with Crippen LogP contribution in [0, 0.1) is 0 Å². The molecule has 1 aromatic carbocycles. The van der Waals surface area contributed by atoms with Gasteiger partial charge in [0, 0.05) is 12.6 Å². The van der Waals surface area contributed by atoms with E-state index in [2.05, 4.69) is 6.58 Å². The minimum Gasteiger partial charge on any atom is -0.207 e. The van der Waals surface area contributed by atoms with E-state index in [0.717, 1.165) is 0 Å². The normalized spacial score (nSPS) is 12.0. The van der Waals surface area contributed by atoms with Crippen LogP contribution < -0.4 is 0 Å². The van der Waals surface area contributed by atoms with Crippen molar-refractivity contribution in [3.63, 3.8) is 0 Å². The Bertz CT molecular complexity index is 437. The van der Waals surface area contributed by atoms with Gasteiger partial charge in [-0.25, -0.2) is 8.42 Å². The zero-order valence-electron chi connectivity index (χ0n) is 9.63. The van der Waals surface area contributed by atoms with Gasteiger partial charge in [-0.3, -0.25) is 0 Å². The lowest BCUT2D eigenvalue weighted by atomic mass is 10.4. The molecule has 0 fully saturated rings. The van der Waals surface area contributed by atoms with Crippen molar-refractivity contribution < 1.29 is 8.42 Å². The Morgan fingerprint density at radius 1 is 1.31 bits per heavy atom. The molecule has 0 bridgehead atoms. The maximum Gasteiger partial charge on any atom is 0.243 e. The maximum absolute atomic E-state index is 12.2. The molecule has 4 heteroatoms. The summed E-state index contributed by atoms with van der Waals surface area (Å²) in [4.78, 5) is 0.325. The third kappa shape index (κ3) is 2.71. The van der Waals surface area contributed by atoms with Crippen molar-refractivity contribution in [2.24, 2.45) is 0 Å². The Kier molecular flexibility index (Phi) is 4.26. The van der Waals surface area contributed by atoms with Crippen LogP contribution in [0.4, 0.5) is 0 Å². The smallest absolute Gasteiger partial charge is 0.207 e. The number of hydrogen-bond acceptors (Lipinski definition) is 2. The van der Waals surface area contributed by atoms with Crippen molar-refractivity contribution in [2.45, 2.75) is 24.8 Å². The molecule has 0 aromatic heterocycles. The minimum absolute atomic E-state index is 0.0804. The van der Waals surface area contributed by atoms with Gasteiger partial charge in [0.2, 0.25) is 10.0 Å². The summed E-state index contributed by atoms with van der Waals surface area (Å²) in [6.45, 7) is 7.61. The molecule has 1 rings (SSSR count). The van der Waals surface area contributed by atoms with Gasteiger partial charge in [-0.1, -0.05) is 24.3 Å². The van der Waals surface area contributed by atoms with E-state index in [1.165, 1.54) is 4.31 Å². The summed E-state index contributed by atoms with van der Waals surface area (Å²) in [6, 6.07) is 8.37. The lowest BCUT2D eigenvalue weighted by molar-refractivity contribution is 0.383. The quantitative estimate of drug-likeness (QED) is 0.739. The van der Waals surface area contributed by atoms with Crippen LogP contribution in [-0.4, -0.2) is 25.3 Å². The van der Waals surface area contributed by atoms with Crippen LogP contribution in [-0.2, 0) is 10.0 Å². The predicted octanol–water partition coefficient (Wildman–Crippen LogP) is 2.27. The summed E-state index contributed by atoms with van der Waals surface area (Å²) >= 11 is 0. The second kappa shape index (κ2) is 5.27. The van der Waals surface area contributed by atoms with Crippen LogP contribution in [0.1, 0.15) is 13.8 Å². The fraction of sp³-hybridized carbons (Fsp3) is 0.333. The van der Waals surface area contributed by atoms with Gasteiger partial charge in [-0.15, -0.1) is 6.58 Å². The summed E-state index contributed by atoms with van der Waals surface area (Å²) in [6.07, 6.45) is 1.60. The molecule has 16 heavy (non-hydrogen) atoms. The van der Waals surface area contributed by atoms with Gasteiger partial charge in [0.05, 0.1) is 4.90 Å². The van der Waals surface area contributed by atoms with E-state index in [-0.39, 0.29) is 6.04 Å². The van der Waals surface area contributed by atoms with E-state index < -0.39 is 10.0 Å². The SMILES string of the molecule is C=CCN(C(C)C)S(=O)(=O)c1ccccc1. The molecule has 0 heterocycles. The van der Waals surface area contributed by atoms with Gasteiger partial charge in [-0.2, -0.15) is 4.31 Å². The Balaban J connectivity index is 3.13. The minimum atomic E-state index is -3.40. The third-order valence-corrected chi connectivity index (χ3v) is 4.29. The van der Waals surface area contributed by atoms with Crippen molar-refractivity contribution in [3.05, 3.63) is 43.0 Å². The Morgan fingerprint density at radius 3 is 2.31 bits per heavy atom. The first-order valence-electron chi connectivity index (χ1n) is 5.18. The highest BCUT2D eigenvalue weighted by Gasteiger charge is 2.25. The lowest BCUT2D eigenvalue weighted by Crippen LogP contribution is -2.36. The van der Waals surface area contributed by atoms with Crippen molar-refractivity contribution in [1.82, 2.24) is 4.31 Å². The summed E-state index contributed by atoms with van der Waals surface area (Å²) in [5.74, 6) is 0. The monoisotopic (exact) mass is 239 g/mol. The average molecular weight is 239 g/mol. The number of sulfonamides is 1. The van der Waals surface area contributed by atoms with Gasteiger partial charge in [0.15, 0.2) is 0 Å². The van der Waals surface area contributed by atoms with Gasteiger partial charge >= 0.3 is 0 Å². The zero-order chi connectivity index (χ0) is 12.2.